The van der Waals surface area contributed by atoms with Gasteiger partial charge in [0.2, 0.25) is 0 Å². The summed E-state index contributed by atoms with van der Waals surface area (Å²) in [6, 6.07) is 14.7. The Hall–Kier alpha value is -1.87. The predicted molar refractivity (Wildman–Crippen MR) is 81.7 cm³/mol. The molecule has 0 fully saturated rings. The van der Waals surface area contributed by atoms with Gasteiger partial charge in [-0.2, -0.15) is 0 Å². The van der Waals surface area contributed by atoms with Crippen molar-refractivity contribution in [3.63, 3.8) is 0 Å². The molecule has 0 bridgehead atoms. The van der Waals surface area contributed by atoms with Gasteiger partial charge in [0.15, 0.2) is 0 Å². The van der Waals surface area contributed by atoms with Crippen LogP contribution < -0.4 is 5.73 Å². The van der Waals surface area contributed by atoms with E-state index >= 15 is 0 Å². The third-order valence-corrected chi connectivity index (χ3v) is 3.25. The van der Waals surface area contributed by atoms with Gasteiger partial charge in [-0.15, -0.1) is 0 Å². The van der Waals surface area contributed by atoms with E-state index in [0.717, 1.165) is 37.3 Å². The first-order valence-electron chi connectivity index (χ1n) is 6.98. The fourth-order valence-corrected chi connectivity index (χ4v) is 2.26. The Bertz CT molecular complexity index is 472. The van der Waals surface area contributed by atoms with E-state index < -0.39 is 0 Å². The number of anilines is 1. The quantitative estimate of drug-likeness (QED) is 0.810. The molecule has 0 aromatic heterocycles. The van der Waals surface area contributed by atoms with Crippen LogP contribution in [0.4, 0.5) is 10.1 Å². The largest absolute Gasteiger partial charge is 0.399 e. The topological polar surface area (TPSA) is 29.3 Å². The van der Waals surface area contributed by atoms with Gasteiger partial charge in [-0.25, -0.2) is 4.39 Å². The highest BCUT2D eigenvalue weighted by Gasteiger charge is 2.06. The first kappa shape index (κ1) is 14.5. The van der Waals surface area contributed by atoms with E-state index in [1.165, 1.54) is 17.7 Å². The van der Waals surface area contributed by atoms with E-state index in [0.29, 0.717) is 0 Å². The minimum Gasteiger partial charge on any atom is -0.399 e. The first-order valence-corrected chi connectivity index (χ1v) is 6.98. The Labute approximate surface area is 120 Å². The maximum atomic E-state index is 12.9. The molecule has 2 aromatic rings. The van der Waals surface area contributed by atoms with Crippen molar-refractivity contribution in [3.05, 3.63) is 65.5 Å². The Balaban J connectivity index is 2.02. The molecular formula is C17H21FN2. The molecule has 2 aromatic carbocycles. The predicted octanol–water partition coefficient (Wildman–Crippen LogP) is 3.82. The van der Waals surface area contributed by atoms with Crippen molar-refractivity contribution >= 4 is 5.69 Å². The van der Waals surface area contributed by atoms with Gasteiger partial charge >= 0.3 is 0 Å². The summed E-state index contributed by atoms with van der Waals surface area (Å²) < 4.78 is 12.9. The molecule has 0 saturated heterocycles. The van der Waals surface area contributed by atoms with E-state index in [9.17, 15) is 4.39 Å². The molecule has 0 aliphatic carbocycles. The number of halogens is 1. The van der Waals surface area contributed by atoms with E-state index in [4.69, 9.17) is 5.73 Å². The van der Waals surface area contributed by atoms with Crippen molar-refractivity contribution < 1.29 is 4.39 Å². The average Bonchev–Trinajstić information content (AvgIpc) is 2.44. The lowest BCUT2D eigenvalue weighted by molar-refractivity contribution is 0.257. The molecule has 0 spiro atoms. The summed E-state index contributed by atoms with van der Waals surface area (Å²) in [5, 5.41) is 0. The van der Waals surface area contributed by atoms with Crippen LogP contribution in [0.1, 0.15) is 24.5 Å². The van der Waals surface area contributed by atoms with Crippen molar-refractivity contribution in [2.45, 2.75) is 26.4 Å². The van der Waals surface area contributed by atoms with Crippen LogP contribution in [0.25, 0.3) is 0 Å². The maximum Gasteiger partial charge on any atom is 0.123 e. The Morgan fingerprint density at radius 3 is 1.90 bits per heavy atom. The molecule has 3 heteroatoms. The van der Waals surface area contributed by atoms with E-state index in [-0.39, 0.29) is 5.82 Å². The molecule has 0 aliphatic heterocycles. The van der Waals surface area contributed by atoms with Crippen LogP contribution in [-0.2, 0) is 13.1 Å². The Morgan fingerprint density at radius 2 is 1.40 bits per heavy atom. The summed E-state index contributed by atoms with van der Waals surface area (Å²) in [6.45, 7) is 4.90. The van der Waals surface area contributed by atoms with Gasteiger partial charge in [-0.3, -0.25) is 4.90 Å². The molecule has 0 saturated carbocycles. The zero-order valence-electron chi connectivity index (χ0n) is 11.8. The molecule has 0 amide bonds. The molecule has 2 rings (SSSR count). The summed E-state index contributed by atoms with van der Waals surface area (Å²) in [5.41, 5.74) is 8.87. The molecule has 2 N–H and O–H groups in total. The third kappa shape index (κ3) is 4.35. The molecular weight excluding hydrogens is 251 g/mol. The highest BCUT2D eigenvalue weighted by molar-refractivity contribution is 5.39. The highest BCUT2D eigenvalue weighted by atomic mass is 19.1. The normalized spacial score (nSPS) is 10.9. The smallest absolute Gasteiger partial charge is 0.123 e. The summed E-state index contributed by atoms with van der Waals surface area (Å²) >= 11 is 0. The number of hydrogen-bond acceptors (Lipinski definition) is 2. The summed E-state index contributed by atoms with van der Waals surface area (Å²) in [7, 11) is 0. The van der Waals surface area contributed by atoms with Gasteiger partial charge in [0.1, 0.15) is 5.82 Å². The minimum atomic E-state index is -0.186. The third-order valence-electron chi connectivity index (χ3n) is 3.25. The second-order valence-electron chi connectivity index (χ2n) is 5.08. The zero-order valence-corrected chi connectivity index (χ0v) is 11.8. The van der Waals surface area contributed by atoms with Gasteiger partial charge in [-0.05, 0) is 48.4 Å². The lowest BCUT2D eigenvalue weighted by Crippen LogP contribution is -2.23. The molecule has 20 heavy (non-hydrogen) atoms. The van der Waals surface area contributed by atoms with Crippen LogP contribution in [-0.4, -0.2) is 11.4 Å². The molecule has 0 unspecified atom stereocenters. The van der Waals surface area contributed by atoms with Crippen molar-refractivity contribution in [1.82, 2.24) is 4.90 Å². The van der Waals surface area contributed by atoms with Crippen molar-refractivity contribution in [3.8, 4) is 0 Å². The molecule has 0 heterocycles. The number of nitrogens with two attached hydrogens (primary N) is 1. The molecule has 0 radical (unpaired) electrons. The van der Waals surface area contributed by atoms with Crippen LogP contribution in [0.5, 0.6) is 0 Å². The van der Waals surface area contributed by atoms with E-state index in [1.54, 1.807) is 0 Å². The number of rotatable bonds is 6. The van der Waals surface area contributed by atoms with Crippen LogP contribution >= 0.6 is 0 Å². The minimum absolute atomic E-state index is 0.186. The van der Waals surface area contributed by atoms with Gasteiger partial charge < -0.3 is 5.73 Å². The molecule has 0 aliphatic rings. The van der Waals surface area contributed by atoms with Gasteiger partial charge in [0.25, 0.3) is 0 Å². The second-order valence-corrected chi connectivity index (χ2v) is 5.08. The Kier molecular flexibility index (Phi) is 5.13. The van der Waals surface area contributed by atoms with E-state index in [1.807, 2.05) is 24.3 Å². The van der Waals surface area contributed by atoms with Crippen LogP contribution in [0.15, 0.2) is 48.5 Å². The summed E-state index contributed by atoms with van der Waals surface area (Å²) in [5.74, 6) is -0.186. The highest BCUT2D eigenvalue weighted by Crippen LogP contribution is 2.13. The molecule has 2 nitrogen and oxygen atoms in total. The standard InChI is InChI=1S/C17H21FN2/c1-2-11-20(12-14-3-7-16(18)8-4-14)13-15-5-9-17(19)10-6-15/h3-10H,2,11-13,19H2,1H3. The monoisotopic (exact) mass is 272 g/mol. The SMILES string of the molecule is CCCN(Cc1ccc(N)cc1)Cc1ccc(F)cc1. The maximum absolute atomic E-state index is 12.9. The summed E-state index contributed by atoms with van der Waals surface area (Å²) in [4.78, 5) is 2.36. The fourth-order valence-electron chi connectivity index (χ4n) is 2.26. The van der Waals surface area contributed by atoms with Crippen molar-refractivity contribution in [2.75, 3.05) is 12.3 Å². The number of nitrogen functional groups attached to an aromatic ring is 1. The molecule has 0 atom stereocenters. The number of benzene rings is 2. The number of hydrogen-bond donors (Lipinski definition) is 1. The van der Waals surface area contributed by atoms with Gasteiger partial charge in [0, 0.05) is 18.8 Å². The summed E-state index contributed by atoms with van der Waals surface area (Å²) in [6.07, 6.45) is 1.09. The van der Waals surface area contributed by atoms with Crippen LogP contribution in [0.2, 0.25) is 0 Å². The van der Waals surface area contributed by atoms with Crippen molar-refractivity contribution in [1.29, 1.82) is 0 Å². The zero-order chi connectivity index (χ0) is 14.4. The average molecular weight is 272 g/mol. The second kappa shape index (κ2) is 7.06. The number of nitrogens with zero attached hydrogens (tertiary/aromatic N) is 1. The molecule has 106 valence electrons. The van der Waals surface area contributed by atoms with Crippen LogP contribution in [0, 0.1) is 5.82 Å². The van der Waals surface area contributed by atoms with Gasteiger partial charge in [-0.1, -0.05) is 31.2 Å². The lowest BCUT2D eigenvalue weighted by atomic mass is 10.1. The lowest BCUT2D eigenvalue weighted by Gasteiger charge is -2.22. The fraction of sp³-hybridized carbons (Fsp3) is 0.294. The van der Waals surface area contributed by atoms with Gasteiger partial charge in [0.05, 0.1) is 0 Å². The van der Waals surface area contributed by atoms with Crippen molar-refractivity contribution in [2.24, 2.45) is 0 Å². The first-order chi connectivity index (χ1) is 9.67. The Morgan fingerprint density at radius 1 is 0.900 bits per heavy atom. The van der Waals surface area contributed by atoms with Crippen LogP contribution in [0.3, 0.4) is 0 Å². The van der Waals surface area contributed by atoms with E-state index in [2.05, 4.69) is 24.0 Å².